The van der Waals surface area contributed by atoms with Crippen LogP contribution in [0.15, 0.2) is 243 Å². The summed E-state index contributed by atoms with van der Waals surface area (Å²) in [5.74, 6) is 7.66. The van der Waals surface area contributed by atoms with Gasteiger partial charge in [-0.1, -0.05) is 120 Å². The fraction of sp³-hybridized carbons (Fsp3) is 0.280. The minimum absolute atomic E-state index is 0.135. The Balaban J connectivity index is 0.000000132. The second-order valence-corrected chi connectivity index (χ2v) is 36.2. The third kappa shape index (κ3) is 23.6. The van der Waals surface area contributed by atoms with Crippen LogP contribution in [0.2, 0.25) is 20.1 Å². The highest BCUT2D eigenvalue weighted by Crippen LogP contribution is 2.46. The summed E-state index contributed by atoms with van der Waals surface area (Å²) in [6.07, 6.45) is 16.3. The molecule has 137 heavy (non-hydrogen) atoms. The first-order valence-corrected chi connectivity index (χ1v) is 48.8. The molecule has 15 aromatic rings. The van der Waals surface area contributed by atoms with Crippen molar-refractivity contribution in [2.24, 2.45) is 0 Å². The fourth-order valence-corrected chi connectivity index (χ4v) is 18.7. The minimum atomic E-state index is -0.508. The monoisotopic (exact) mass is 1980 g/mol. The number of benzene rings is 10. The lowest BCUT2D eigenvalue weighted by atomic mass is 9.92. The Morgan fingerprint density at radius 1 is 0.423 bits per heavy atom. The second-order valence-electron chi connectivity index (χ2n) is 33.3. The summed E-state index contributed by atoms with van der Waals surface area (Å²) < 4.78 is 61.0. The van der Waals surface area contributed by atoms with Crippen LogP contribution in [-0.4, -0.2) is 156 Å². The van der Waals surface area contributed by atoms with E-state index in [-0.39, 0.29) is 54.9 Å². The molecule has 4 aliphatic heterocycles. The van der Waals surface area contributed by atoms with Gasteiger partial charge in [0, 0.05) is 156 Å². The molecular weight excluding hydrogens is 1880 g/mol. The van der Waals surface area contributed by atoms with Gasteiger partial charge in [0.25, 0.3) is 0 Å². The van der Waals surface area contributed by atoms with E-state index in [2.05, 4.69) is 30.8 Å². The van der Waals surface area contributed by atoms with Crippen LogP contribution in [0.1, 0.15) is 144 Å². The lowest BCUT2D eigenvalue weighted by Gasteiger charge is -2.36. The number of aromatic amines is 4. The number of imidazole rings is 1. The summed E-state index contributed by atoms with van der Waals surface area (Å²) in [5.41, 5.74) is 16.3. The van der Waals surface area contributed by atoms with Crippen molar-refractivity contribution in [3.8, 4) is 46.8 Å². The molecule has 0 radical (unpaired) electrons. The number of amides is 4. The number of aromatic nitrogens is 6. The van der Waals surface area contributed by atoms with E-state index in [0.29, 0.717) is 122 Å². The van der Waals surface area contributed by atoms with Crippen LogP contribution in [0.25, 0.3) is 43.6 Å². The first-order chi connectivity index (χ1) is 66.8. The number of hydrogen-bond acceptors (Lipinski definition) is 13. The van der Waals surface area contributed by atoms with Gasteiger partial charge < -0.3 is 62.4 Å². The molecule has 9 heterocycles. The molecule has 0 bridgehead atoms. The van der Waals surface area contributed by atoms with Crippen molar-refractivity contribution >= 4 is 149 Å². The molecule has 0 fully saturated rings. The van der Waals surface area contributed by atoms with E-state index in [1.54, 1.807) is 39.4 Å². The van der Waals surface area contributed by atoms with Crippen molar-refractivity contribution in [1.29, 1.82) is 0 Å². The van der Waals surface area contributed by atoms with Crippen LogP contribution in [0, 0.1) is 18.2 Å². The first-order valence-electron chi connectivity index (χ1n) is 45.7. The number of fused-ring (bicyclic) bond motifs is 12. The Morgan fingerprint density at radius 2 is 0.752 bits per heavy atom. The minimum Gasteiger partial charge on any atom is -0.494 e. The number of rotatable bonds is 27. The molecule has 22 nitrogen and oxygen atoms in total. The largest absolute Gasteiger partial charge is 0.494 e. The van der Waals surface area contributed by atoms with Crippen LogP contribution in [0.3, 0.4) is 0 Å². The average Bonchev–Trinajstić information content (AvgIpc) is 1.63. The van der Waals surface area contributed by atoms with E-state index in [0.717, 1.165) is 162 Å². The van der Waals surface area contributed by atoms with Gasteiger partial charge in [0.2, 0.25) is 0 Å². The number of aryl methyl sites for hydroxylation is 1. The van der Waals surface area contributed by atoms with E-state index in [4.69, 9.17) is 126 Å². The molecule has 4 amide bonds. The predicted molar refractivity (Wildman–Crippen MR) is 539 cm³/mol. The Labute approximate surface area is 828 Å². The van der Waals surface area contributed by atoms with E-state index in [9.17, 15) is 23.6 Å². The van der Waals surface area contributed by atoms with Crippen LogP contribution in [-0.2, 0) is 41.7 Å². The maximum absolute atomic E-state index is 13.3. The summed E-state index contributed by atoms with van der Waals surface area (Å²) in [5, 5.41) is 7.06. The van der Waals surface area contributed by atoms with Crippen LogP contribution in [0.4, 0.5) is 23.6 Å². The Hall–Kier alpha value is -12.6. The topological polar surface area (TPSA) is 236 Å². The molecule has 19 rings (SSSR count). The van der Waals surface area contributed by atoms with E-state index in [1.807, 2.05) is 218 Å². The summed E-state index contributed by atoms with van der Waals surface area (Å²) >= 11 is 42.3. The van der Waals surface area contributed by atoms with E-state index < -0.39 is 18.0 Å². The lowest BCUT2D eigenvalue weighted by Crippen LogP contribution is -2.42. The number of H-pyrrole nitrogens is 4. The predicted octanol–water partition coefficient (Wildman–Crippen LogP) is 26.4. The SMILES string of the molecule is C#CCCOC(=O)N1CCc2c([nH]c3ccc(Cl)cc23)C1c1ccc(OCCCn2ccnc2)cc1.CCC(C)OC(=O)N1CCc2c([nH]c3ccc(Cl)cc23)C1c1ccc(OCCCCl)cc1.O=C(Oc1ccc(F)cc1)N1CCc2c([nH]c3ccc(Cl)cc23)C1c1ccc(OCCCCl)cc1.O=C(Oc1ccccc1)N1CCc2c([nH]c3ccc(Cl)cc23)C1c1ccc(OCCCCl)cc1. The fourth-order valence-electron chi connectivity index (χ4n) is 17.7. The number of ether oxygens (including phenoxy) is 8. The molecule has 30 heteroatoms. The molecule has 5 aromatic heterocycles. The van der Waals surface area contributed by atoms with Crippen molar-refractivity contribution < 1.29 is 61.5 Å². The first kappa shape index (κ1) is 97.5. The van der Waals surface area contributed by atoms with Crippen molar-refractivity contribution in [2.45, 2.75) is 115 Å². The van der Waals surface area contributed by atoms with Crippen LogP contribution >= 0.6 is 81.2 Å². The molecule has 5 unspecified atom stereocenters. The van der Waals surface area contributed by atoms with Gasteiger partial charge in [-0.05, 0) is 267 Å². The summed E-state index contributed by atoms with van der Waals surface area (Å²) in [6.45, 7) is 9.32. The highest BCUT2D eigenvalue weighted by molar-refractivity contribution is 6.32. The Morgan fingerprint density at radius 3 is 1.08 bits per heavy atom. The normalized spacial score (nSPS) is 15.5. The van der Waals surface area contributed by atoms with Gasteiger partial charge in [0.1, 0.15) is 77.2 Å². The molecule has 10 aromatic carbocycles. The van der Waals surface area contributed by atoms with Crippen molar-refractivity contribution in [2.75, 3.05) is 76.9 Å². The number of terminal acetylenes is 1. The van der Waals surface area contributed by atoms with Gasteiger partial charge >= 0.3 is 24.4 Å². The highest BCUT2D eigenvalue weighted by atomic mass is 35.5. The number of carbonyl (C=O) groups excluding carboxylic acids is 4. The quantitative estimate of drug-likeness (QED) is 0.0213. The maximum Gasteiger partial charge on any atom is 0.416 e. The number of carbonyl (C=O) groups is 4. The van der Waals surface area contributed by atoms with E-state index in [1.165, 1.54) is 41.0 Å². The number of nitrogens with zero attached hydrogens (tertiary/aromatic N) is 6. The number of nitrogens with one attached hydrogen (secondary N) is 4. The molecule has 0 saturated carbocycles. The molecule has 5 atom stereocenters. The lowest BCUT2D eigenvalue weighted by molar-refractivity contribution is 0.0578. The molecule has 0 saturated heterocycles. The van der Waals surface area contributed by atoms with Crippen molar-refractivity contribution in [1.82, 2.24) is 49.1 Å². The van der Waals surface area contributed by atoms with Crippen molar-refractivity contribution in [3.63, 3.8) is 0 Å². The van der Waals surface area contributed by atoms with Crippen LogP contribution in [0.5, 0.6) is 34.5 Å². The summed E-state index contributed by atoms with van der Waals surface area (Å²) in [7, 11) is 0. The number of para-hydroxylation sites is 1. The second kappa shape index (κ2) is 46.5. The van der Waals surface area contributed by atoms with Gasteiger partial charge in [-0.2, -0.15) is 0 Å². The summed E-state index contributed by atoms with van der Waals surface area (Å²) in [6, 6.07) is 67.8. The smallest absolute Gasteiger partial charge is 0.416 e. The number of halogens is 8. The van der Waals surface area contributed by atoms with Gasteiger partial charge in [0.15, 0.2) is 0 Å². The maximum atomic E-state index is 13.3. The highest BCUT2D eigenvalue weighted by Gasteiger charge is 2.41. The molecule has 0 aliphatic carbocycles. The zero-order chi connectivity index (χ0) is 95.4. The van der Waals surface area contributed by atoms with Gasteiger partial charge in [-0.15, -0.1) is 47.1 Å². The molecular formula is C107H102Cl7FN10O12. The summed E-state index contributed by atoms with van der Waals surface area (Å²) in [4.78, 5) is 78.0. The molecule has 4 N–H and O–H groups in total. The van der Waals surface area contributed by atoms with Gasteiger partial charge in [0.05, 0.1) is 32.8 Å². The zero-order valence-corrected chi connectivity index (χ0v) is 80.7. The number of alkyl halides is 3. The van der Waals surface area contributed by atoms with E-state index >= 15 is 0 Å². The Kier molecular flexibility index (Phi) is 33.1. The third-order valence-electron chi connectivity index (χ3n) is 24.4. The third-order valence-corrected chi connectivity index (χ3v) is 26.2. The average molecular weight is 1990 g/mol. The van der Waals surface area contributed by atoms with Gasteiger partial charge in [-0.25, -0.2) is 28.6 Å². The molecule has 708 valence electrons. The standard InChI is InChI=1S/C28H27ClN4O3.C27H23Cl2FN2O3.C27H24Cl2N2O3.C25H28Cl2N2O3/c1-2-3-16-36-28(34)33-14-11-23-24-18-21(29)7-10-25(24)31-26(23)27(33)20-5-8-22(9-6-20)35-17-4-13-32-15-12-30-19-32;28-13-1-15-34-20-7-2-17(3-8-20)26-25-22(23-16-18(29)4-11-24(23)31-25)12-14-32(26)27(33)35-21-9-5-19(30)6-10-21;28-14-4-16-33-20-10-7-18(8-11-20)26-25-22(23-17-19(29)9-12-24(23)30-25)13-15-31(26)27(32)34-21-5-2-1-3-6-21;1-3-16(2)32-25(30)29-13-11-20-21-15-18(27)7-10-22(21)28-23(20)24(29)17-5-8-19(9-6-17)31-14-4-12-26/h1,5-10,12,15,18-19,27,31H,3-4,11,13-14,16-17H2;2-11,16,26,31H,1,12-15H2;1-3,5-12,17,26,30H,4,13-16H2;5-10,15-16,24,28H,3-4,11-14H2,1-2H3. The van der Waals surface area contributed by atoms with Crippen molar-refractivity contribution in [3.05, 3.63) is 336 Å². The molecule has 0 spiro atoms. The van der Waals surface area contributed by atoms with Gasteiger partial charge in [-0.3, -0.25) is 19.6 Å². The molecule has 4 aliphatic rings. The Bertz CT molecular complexity index is 6680. The zero-order valence-electron chi connectivity index (χ0n) is 75.4. The van der Waals surface area contributed by atoms with Crippen LogP contribution < -0.4 is 28.4 Å². The number of hydrogen-bond donors (Lipinski definition) is 4.